The summed E-state index contributed by atoms with van der Waals surface area (Å²) in [5.41, 5.74) is 1.66. The van der Waals surface area contributed by atoms with Crippen LogP contribution in [0.15, 0.2) is 51.9 Å². The minimum Gasteiger partial charge on any atom is -0.481 e. The summed E-state index contributed by atoms with van der Waals surface area (Å²) in [6.07, 6.45) is 1.34. The Labute approximate surface area is 153 Å². The van der Waals surface area contributed by atoms with Crippen molar-refractivity contribution in [2.75, 3.05) is 6.61 Å². The van der Waals surface area contributed by atoms with Crippen molar-refractivity contribution >= 4 is 22.9 Å². The summed E-state index contributed by atoms with van der Waals surface area (Å²) in [7, 11) is 0. The Kier molecular flexibility index (Phi) is 4.94. The number of hydrogen-bond donors (Lipinski definition) is 1. The lowest BCUT2D eigenvalue weighted by molar-refractivity contribution is -0.139. The highest BCUT2D eigenvalue weighted by Crippen LogP contribution is 2.27. The minimum absolute atomic E-state index is 0.232. The summed E-state index contributed by atoms with van der Waals surface area (Å²) < 4.78 is 15.7. The number of rotatable bonds is 5. The third-order valence-electron chi connectivity index (χ3n) is 3.85. The largest absolute Gasteiger partial charge is 0.481 e. The molecule has 0 aliphatic rings. The van der Waals surface area contributed by atoms with Crippen LogP contribution in [-0.4, -0.2) is 23.7 Å². The predicted molar refractivity (Wildman–Crippen MR) is 97.1 cm³/mol. The molecule has 0 unspecified atom stereocenters. The van der Waals surface area contributed by atoms with Crippen molar-refractivity contribution < 1.29 is 28.6 Å². The molecule has 2 aromatic carbocycles. The topological polar surface area (TPSA) is 103 Å². The Morgan fingerprint density at radius 1 is 1.15 bits per heavy atom. The van der Waals surface area contributed by atoms with Gasteiger partial charge >= 0.3 is 11.9 Å². The van der Waals surface area contributed by atoms with Gasteiger partial charge in [-0.3, -0.25) is 9.59 Å². The number of carbonyl (C=O) groups excluding carboxylic acids is 1. The van der Waals surface area contributed by atoms with E-state index in [1.54, 1.807) is 37.3 Å². The molecular formula is C20H16O7. The molecule has 1 N–H and O–H groups in total. The fourth-order valence-electron chi connectivity index (χ4n) is 2.63. The second kappa shape index (κ2) is 7.33. The van der Waals surface area contributed by atoms with Gasteiger partial charge in [0.1, 0.15) is 23.3 Å². The van der Waals surface area contributed by atoms with Gasteiger partial charge in [0.2, 0.25) is 5.43 Å². The Morgan fingerprint density at radius 2 is 1.85 bits per heavy atom. The molecule has 0 saturated heterocycles. The number of carboxylic acids is 1. The molecule has 1 aromatic heterocycles. The van der Waals surface area contributed by atoms with Crippen LogP contribution in [0.25, 0.3) is 22.1 Å². The fraction of sp³-hybridized carbons (Fsp3) is 0.150. The summed E-state index contributed by atoms with van der Waals surface area (Å²) in [5.74, 6) is -0.799. The van der Waals surface area contributed by atoms with Gasteiger partial charge in [0, 0.05) is 13.0 Å². The molecule has 3 aromatic rings. The average molecular weight is 368 g/mol. The van der Waals surface area contributed by atoms with Gasteiger partial charge in [-0.15, -0.1) is 0 Å². The van der Waals surface area contributed by atoms with E-state index in [-0.39, 0.29) is 5.43 Å². The molecule has 3 rings (SSSR count). The third kappa shape index (κ3) is 3.98. The quantitative estimate of drug-likeness (QED) is 0.545. The molecule has 0 atom stereocenters. The molecule has 7 nitrogen and oxygen atoms in total. The van der Waals surface area contributed by atoms with E-state index in [9.17, 15) is 14.4 Å². The van der Waals surface area contributed by atoms with E-state index in [0.717, 1.165) is 0 Å². The first-order valence-corrected chi connectivity index (χ1v) is 8.05. The Bertz CT molecular complexity index is 1080. The lowest BCUT2D eigenvalue weighted by atomic mass is 10.0. The monoisotopic (exact) mass is 368 g/mol. The van der Waals surface area contributed by atoms with E-state index >= 15 is 0 Å². The highest BCUT2D eigenvalue weighted by atomic mass is 16.5. The van der Waals surface area contributed by atoms with Crippen LogP contribution in [-0.2, 0) is 9.59 Å². The smallest absolute Gasteiger partial charge is 0.341 e. The lowest BCUT2D eigenvalue weighted by Crippen LogP contribution is -2.11. The van der Waals surface area contributed by atoms with Gasteiger partial charge in [-0.05, 0) is 36.2 Å². The molecule has 1 heterocycles. The van der Waals surface area contributed by atoms with Gasteiger partial charge in [0.25, 0.3) is 0 Å². The first-order chi connectivity index (χ1) is 12.8. The molecule has 0 spiro atoms. The normalized spacial score (nSPS) is 10.6. The predicted octanol–water partition coefficient (Wildman–Crippen LogP) is 3.16. The zero-order chi connectivity index (χ0) is 19.6. The van der Waals surface area contributed by atoms with Crippen LogP contribution in [0.3, 0.4) is 0 Å². The third-order valence-corrected chi connectivity index (χ3v) is 3.85. The maximum absolute atomic E-state index is 12.8. The molecule has 0 aliphatic heterocycles. The average Bonchev–Trinajstić information content (AvgIpc) is 2.61. The Morgan fingerprint density at radius 3 is 2.48 bits per heavy atom. The zero-order valence-corrected chi connectivity index (χ0v) is 14.6. The molecule has 0 saturated carbocycles. The molecule has 7 heteroatoms. The first-order valence-electron chi connectivity index (χ1n) is 8.05. The number of aryl methyl sites for hydroxylation is 1. The summed E-state index contributed by atoms with van der Waals surface area (Å²) >= 11 is 0. The molecule has 0 bridgehead atoms. The van der Waals surface area contributed by atoms with Crippen molar-refractivity contribution in [3.05, 3.63) is 58.4 Å². The van der Waals surface area contributed by atoms with Crippen LogP contribution < -0.4 is 14.9 Å². The van der Waals surface area contributed by atoms with E-state index < -0.39 is 18.5 Å². The van der Waals surface area contributed by atoms with Crippen LogP contribution in [0.1, 0.15) is 12.5 Å². The van der Waals surface area contributed by atoms with Crippen molar-refractivity contribution in [1.29, 1.82) is 0 Å². The summed E-state index contributed by atoms with van der Waals surface area (Å²) in [6, 6.07) is 9.61. The standard InChI is InChI=1S/C20H16O7/c1-11-7-15-18(8-17(11)26-10-19(22)23)25-9-16(20(15)24)13-3-5-14(6-4-13)27-12(2)21/h3-9H,10H2,1-2H3,(H,22,23). The number of carbonyl (C=O) groups is 2. The number of aliphatic carboxylic acids is 1. The first kappa shape index (κ1) is 18.2. The molecule has 0 fully saturated rings. The number of fused-ring (bicyclic) bond motifs is 1. The molecule has 0 radical (unpaired) electrons. The van der Waals surface area contributed by atoms with Crippen molar-refractivity contribution in [1.82, 2.24) is 0 Å². The number of benzene rings is 2. The lowest BCUT2D eigenvalue weighted by Gasteiger charge is -2.09. The molecular weight excluding hydrogens is 352 g/mol. The molecule has 138 valence electrons. The SMILES string of the molecule is CC(=O)Oc1ccc(-c2coc3cc(OCC(=O)O)c(C)cc3c2=O)cc1. The van der Waals surface area contributed by atoms with E-state index in [0.29, 0.717) is 39.2 Å². The van der Waals surface area contributed by atoms with Crippen LogP contribution in [0, 0.1) is 6.92 Å². The van der Waals surface area contributed by atoms with Crippen LogP contribution in [0.2, 0.25) is 0 Å². The van der Waals surface area contributed by atoms with Crippen LogP contribution in [0.4, 0.5) is 0 Å². The summed E-state index contributed by atoms with van der Waals surface area (Å²) in [4.78, 5) is 34.5. The van der Waals surface area contributed by atoms with Crippen molar-refractivity contribution in [2.24, 2.45) is 0 Å². The Hall–Kier alpha value is -3.61. The number of hydrogen-bond acceptors (Lipinski definition) is 6. The number of ether oxygens (including phenoxy) is 2. The molecule has 0 aliphatic carbocycles. The van der Waals surface area contributed by atoms with Gasteiger partial charge in [0.05, 0.1) is 10.9 Å². The Balaban J connectivity index is 2.00. The summed E-state index contributed by atoms with van der Waals surface area (Å²) in [6.45, 7) is 2.54. The van der Waals surface area contributed by atoms with Crippen molar-refractivity contribution in [3.63, 3.8) is 0 Å². The van der Waals surface area contributed by atoms with Gasteiger partial charge in [0.15, 0.2) is 6.61 Å². The maximum atomic E-state index is 12.8. The fourth-order valence-corrected chi connectivity index (χ4v) is 2.63. The van der Waals surface area contributed by atoms with Gasteiger partial charge in [-0.25, -0.2) is 4.79 Å². The van der Waals surface area contributed by atoms with E-state index in [1.165, 1.54) is 19.3 Å². The second-order valence-electron chi connectivity index (χ2n) is 5.89. The number of carboxylic acid groups (broad SMARTS) is 1. The van der Waals surface area contributed by atoms with E-state index in [2.05, 4.69) is 0 Å². The van der Waals surface area contributed by atoms with Crippen molar-refractivity contribution in [2.45, 2.75) is 13.8 Å². The van der Waals surface area contributed by atoms with Crippen LogP contribution in [0.5, 0.6) is 11.5 Å². The minimum atomic E-state index is -1.09. The second-order valence-corrected chi connectivity index (χ2v) is 5.89. The van der Waals surface area contributed by atoms with Gasteiger partial charge in [-0.2, -0.15) is 0 Å². The highest BCUT2D eigenvalue weighted by molar-refractivity contribution is 5.84. The highest BCUT2D eigenvalue weighted by Gasteiger charge is 2.13. The van der Waals surface area contributed by atoms with Gasteiger partial charge in [-0.1, -0.05) is 12.1 Å². The van der Waals surface area contributed by atoms with Gasteiger partial charge < -0.3 is 19.0 Å². The van der Waals surface area contributed by atoms with Crippen molar-refractivity contribution in [3.8, 4) is 22.6 Å². The molecule has 27 heavy (non-hydrogen) atoms. The summed E-state index contributed by atoms with van der Waals surface area (Å²) in [5, 5.41) is 9.09. The van der Waals surface area contributed by atoms with Crippen LogP contribution >= 0.6 is 0 Å². The van der Waals surface area contributed by atoms with E-state index in [4.69, 9.17) is 19.0 Å². The maximum Gasteiger partial charge on any atom is 0.341 e. The molecule has 0 amide bonds. The number of esters is 1. The van der Waals surface area contributed by atoms with E-state index in [1.807, 2.05) is 0 Å². The zero-order valence-electron chi connectivity index (χ0n) is 14.6.